The molecule has 0 aromatic carbocycles. The summed E-state index contributed by atoms with van der Waals surface area (Å²) in [6.45, 7) is 7.42. The van der Waals surface area contributed by atoms with Crippen LogP contribution in [0.4, 0.5) is 4.79 Å². The highest BCUT2D eigenvalue weighted by molar-refractivity contribution is 5.74. The van der Waals surface area contributed by atoms with Gasteiger partial charge in [-0.3, -0.25) is 4.90 Å². The summed E-state index contributed by atoms with van der Waals surface area (Å²) in [4.78, 5) is 19.2. The molecule has 0 aliphatic carbocycles. The van der Waals surface area contributed by atoms with E-state index in [-0.39, 0.29) is 6.03 Å². The maximum Gasteiger partial charge on any atom is 0.317 e. The molecule has 0 saturated carbocycles. The van der Waals surface area contributed by atoms with E-state index in [1.165, 1.54) is 12.8 Å². The van der Waals surface area contributed by atoms with Crippen molar-refractivity contribution >= 4 is 6.03 Å². The average Bonchev–Trinajstić information content (AvgIpc) is 2.74. The number of methoxy groups -OCH3 is 1. The molecule has 21 heavy (non-hydrogen) atoms. The van der Waals surface area contributed by atoms with E-state index in [9.17, 15) is 4.79 Å². The van der Waals surface area contributed by atoms with Crippen LogP contribution in [0.3, 0.4) is 0 Å². The quantitative estimate of drug-likeness (QED) is 0.765. The van der Waals surface area contributed by atoms with Gasteiger partial charge < -0.3 is 19.9 Å². The van der Waals surface area contributed by atoms with Crippen LogP contribution in [0.15, 0.2) is 0 Å². The fourth-order valence-electron chi connectivity index (χ4n) is 3.16. The van der Waals surface area contributed by atoms with Gasteiger partial charge in [-0.2, -0.15) is 0 Å². The van der Waals surface area contributed by atoms with E-state index in [0.29, 0.717) is 19.2 Å². The van der Waals surface area contributed by atoms with Gasteiger partial charge in [0.2, 0.25) is 0 Å². The molecule has 0 aromatic heterocycles. The average molecular weight is 298 g/mol. The van der Waals surface area contributed by atoms with Gasteiger partial charge in [0.25, 0.3) is 0 Å². The molecule has 0 radical (unpaired) electrons. The van der Waals surface area contributed by atoms with Gasteiger partial charge in [0.15, 0.2) is 0 Å². The van der Waals surface area contributed by atoms with Gasteiger partial charge in [-0.1, -0.05) is 6.42 Å². The van der Waals surface area contributed by atoms with E-state index in [2.05, 4.69) is 22.2 Å². The number of rotatable bonds is 4. The van der Waals surface area contributed by atoms with Crippen molar-refractivity contribution in [1.82, 2.24) is 20.0 Å². The van der Waals surface area contributed by atoms with Crippen LogP contribution in [-0.2, 0) is 4.74 Å². The van der Waals surface area contributed by atoms with Crippen molar-refractivity contribution in [3.05, 3.63) is 0 Å². The lowest BCUT2D eigenvalue weighted by Gasteiger charge is -2.39. The van der Waals surface area contributed by atoms with Crippen LogP contribution >= 0.6 is 0 Å². The zero-order chi connectivity index (χ0) is 15.1. The molecule has 1 unspecified atom stereocenters. The lowest BCUT2D eigenvalue weighted by molar-refractivity contribution is 0.0930. The summed E-state index contributed by atoms with van der Waals surface area (Å²) in [6, 6.07) is 0.586. The van der Waals surface area contributed by atoms with E-state index < -0.39 is 0 Å². The predicted octanol–water partition coefficient (Wildman–Crippen LogP) is 0.444. The van der Waals surface area contributed by atoms with Gasteiger partial charge in [0.1, 0.15) is 0 Å². The molecular formula is C15H30N4O2. The second kappa shape index (κ2) is 8.56. The summed E-state index contributed by atoms with van der Waals surface area (Å²) in [5, 5.41) is 2.95. The fourth-order valence-corrected chi connectivity index (χ4v) is 3.16. The molecule has 6 heteroatoms. The number of nitrogens with zero attached hydrogens (tertiary/aromatic N) is 3. The molecule has 0 bridgehead atoms. The van der Waals surface area contributed by atoms with Crippen molar-refractivity contribution in [2.45, 2.75) is 25.3 Å². The third-order valence-electron chi connectivity index (χ3n) is 4.57. The zero-order valence-corrected chi connectivity index (χ0v) is 13.5. The number of nitrogens with one attached hydrogen (secondary N) is 1. The van der Waals surface area contributed by atoms with Gasteiger partial charge in [0, 0.05) is 59.0 Å². The third kappa shape index (κ3) is 5.13. The monoisotopic (exact) mass is 298 g/mol. The number of hydrogen-bond donors (Lipinski definition) is 1. The van der Waals surface area contributed by atoms with Crippen LogP contribution in [0.25, 0.3) is 0 Å². The molecular weight excluding hydrogens is 268 g/mol. The molecule has 2 aliphatic heterocycles. The Morgan fingerprint density at radius 2 is 1.95 bits per heavy atom. The van der Waals surface area contributed by atoms with Crippen LogP contribution in [0.1, 0.15) is 19.3 Å². The van der Waals surface area contributed by atoms with Crippen molar-refractivity contribution in [2.24, 2.45) is 0 Å². The Bertz CT molecular complexity index is 319. The van der Waals surface area contributed by atoms with Gasteiger partial charge in [-0.05, 0) is 19.9 Å². The number of hydrogen-bond acceptors (Lipinski definition) is 4. The summed E-state index contributed by atoms with van der Waals surface area (Å²) in [5.74, 6) is 0. The Morgan fingerprint density at radius 3 is 2.67 bits per heavy atom. The van der Waals surface area contributed by atoms with Crippen molar-refractivity contribution in [3.8, 4) is 0 Å². The number of piperazine rings is 1. The summed E-state index contributed by atoms with van der Waals surface area (Å²) < 4.78 is 4.98. The molecule has 0 spiro atoms. The third-order valence-corrected chi connectivity index (χ3v) is 4.57. The Hall–Kier alpha value is -0.850. The largest absolute Gasteiger partial charge is 0.383 e. The normalized spacial score (nSPS) is 25.6. The van der Waals surface area contributed by atoms with Crippen molar-refractivity contribution in [2.75, 3.05) is 66.6 Å². The SMILES string of the molecule is COCCNC(=O)N1CCCCC(N2CCN(C)CC2)C1. The Morgan fingerprint density at radius 1 is 1.19 bits per heavy atom. The van der Waals surface area contributed by atoms with E-state index in [0.717, 1.165) is 45.7 Å². The maximum absolute atomic E-state index is 12.2. The lowest BCUT2D eigenvalue weighted by Crippen LogP contribution is -2.53. The van der Waals surface area contributed by atoms with Crippen LogP contribution in [-0.4, -0.2) is 93.4 Å². The van der Waals surface area contributed by atoms with Gasteiger partial charge in [0.05, 0.1) is 6.61 Å². The van der Waals surface area contributed by atoms with Crippen molar-refractivity contribution in [1.29, 1.82) is 0 Å². The Kier molecular flexibility index (Phi) is 6.73. The summed E-state index contributed by atoms with van der Waals surface area (Å²) in [7, 11) is 3.83. The number of ether oxygens (including phenoxy) is 1. The standard InChI is InChI=1S/C15H30N4O2/c1-17-8-10-18(11-9-17)14-5-3-4-7-19(13-14)15(20)16-6-12-21-2/h14H,3-13H2,1-2H3,(H,16,20). The van der Waals surface area contributed by atoms with Gasteiger partial charge >= 0.3 is 6.03 Å². The Balaban J connectivity index is 1.84. The van der Waals surface area contributed by atoms with E-state index in [1.54, 1.807) is 7.11 Å². The van der Waals surface area contributed by atoms with Crippen LogP contribution < -0.4 is 5.32 Å². The first kappa shape index (κ1) is 16.5. The second-order valence-electron chi connectivity index (χ2n) is 6.16. The molecule has 2 heterocycles. The molecule has 6 nitrogen and oxygen atoms in total. The topological polar surface area (TPSA) is 48.1 Å². The Labute approximate surface area is 128 Å². The molecule has 1 N–H and O–H groups in total. The van der Waals surface area contributed by atoms with Crippen LogP contribution in [0.5, 0.6) is 0 Å². The molecule has 2 fully saturated rings. The summed E-state index contributed by atoms with van der Waals surface area (Å²) >= 11 is 0. The van der Waals surface area contributed by atoms with E-state index in [1.807, 2.05) is 4.90 Å². The molecule has 2 saturated heterocycles. The minimum Gasteiger partial charge on any atom is -0.383 e. The van der Waals surface area contributed by atoms with Crippen LogP contribution in [0, 0.1) is 0 Å². The highest BCUT2D eigenvalue weighted by atomic mass is 16.5. The highest BCUT2D eigenvalue weighted by Crippen LogP contribution is 2.17. The van der Waals surface area contributed by atoms with Crippen molar-refractivity contribution < 1.29 is 9.53 Å². The number of carbonyl (C=O) groups excluding carboxylic acids is 1. The highest BCUT2D eigenvalue weighted by Gasteiger charge is 2.27. The molecule has 2 rings (SSSR count). The number of urea groups is 1. The molecule has 1 atom stereocenters. The molecule has 2 aliphatic rings. The van der Waals surface area contributed by atoms with Crippen molar-refractivity contribution in [3.63, 3.8) is 0 Å². The minimum absolute atomic E-state index is 0.0630. The summed E-state index contributed by atoms with van der Waals surface area (Å²) in [6.07, 6.45) is 3.55. The van der Waals surface area contributed by atoms with Gasteiger partial charge in [-0.15, -0.1) is 0 Å². The minimum atomic E-state index is 0.0630. The first-order chi connectivity index (χ1) is 10.2. The first-order valence-corrected chi connectivity index (χ1v) is 8.15. The number of likely N-dealkylation sites (tertiary alicyclic amines) is 1. The molecule has 122 valence electrons. The molecule has 2 amide bonds. The number of likely N-dealkylation sites (N-methyl/N-ethyl adjacent to an activating group) is 1. The van der Waals surface area contributed by atoms with Crippen LogP contribution in [0.2, 0.25) is 0 Å². The lowest BCUT2D eigenvalue weighted by atomic mass is 10.1. The van der Waals surface area contributed by atoms with E-state index >= 15 is 0 Å². The second-order valence-corrected chi connectivity index (χ2v) is 6.16. The van der Waals surface area contributed by atoms with Gasteiger partial charge in [-0.25, -0.2) is 4.79 Å². The maximum atomic E-state index is 12.2. The first-order valence-electron chi connectivity index (χ1n) is 8.15. The number of amides is 2. The van der Waals surface area contributed by atoms with E-state index in [4.69, 9.17) is 4.74 Å². The summed E-state index contributed by atoms with van der Waals surface area (Å²) in [5.41, 5.74) is 0. The number of carbonyl (C=O) groups is 1. The smallest absolute Gasteiger partial charge is 0.317 e. The molecule has 0 aromatic rings. The fraction of sp³-hybridized carbons (Fsp3) is 0.933. The zero-order valence-electron chi connectivity index (χ0n) is 13.5. The predicted molar refractivity (Wildman–Crippen MR) is 83.6 cm³/mol.